The Bertz CT molecular complexity index is 966. The van der Waals surface area contributed by atoms with Gasteiger partial charge in [0.1, 0.15) is 0 Å². The van der Waals surface area contributed by atoms with Gasteiger partial charge in [-0.1, -0.05) is 0 Å². The second kappa shape index (κ2) is 8.79. The first kappa shape index (κ1) is 20.4. The van der Waals surface area contributed by atoms with Gasteiger partial charge < -0.3 is 10.7 Å². The number of pyridine rings is 1. The van der Waals surface area contributed by atoms with Gasteiger partial charge in [0.15, 0.2) is 0 Å². The Balaban J connectivity index is 1.85. The van der Waals surface area contributed by atoms with E-state index in [4.69, 9.17) is 5.41 Å². The molecule has 3 rings (SSSR count). The lowest BCUT2D eigenvalue weighted by Gasteiger charge is -2.32. The van der Waals surface area contributed by atoms with E-state index in [1.54, 1.807) is 30.7 Å². The van der Waals surface area contributed by atoms with Crippen LogP contribution in [0.2, 0.25) is 0 Å². The molecule has 1 saturated heterocycles. The van der Waals surface area contributed by atoms with Crippen molar-refractivity contribution in [3.63, 3.8) is 0 Å². The number of sulfonamides is 1. The van der Waals surface area contributed by atoms with Gasteiger partial charge in [-0.05, 0) is 48.9 Å². The Morgan fingerprint density at radius 1 is 1.39 bits per heavy atom. The molecular formula is C20H27N5O2S. The zero-order valence-electron chi connectivity index (χ0n) is 16.3. The minimum atomic E-state index is -3.12. The number of fused-ring (bicyclic) bond motifs is 1. The molecule has 1 unspecified atom stereocenters. The minimum absolute atomic E-state index is 0.146. The van der Waals surface area contributed by atoms with E-state index in [-0.39, 0.29) is 17.7 Å². The van der Waals surface area contributed by atoms with E-state index in [1.807, 2.05) is 12.3 Å². The molecule has 2 N–H and O–H groups in total. The Morgan fingerprint density at radius 2 is 2.14 bits per heavy atom. The number of nitrogens with one attached hydrogen (secondary N) is 2. The lowest BCUT2D eigenvalue weighted by Crippen LogP contribution is -2.42. The van der Waals surface area contributed by atoms with Crippen molar-refractivity contribution in [3.05, 3.63) is 36.2 Å². The molecule has 8 heteroatoms. The van der Waals surface area contributed by atoms with Crippen LogP contribution in [0.25, 0.3) is 10.8 Å². The smallest absolute Gasteiger partial charge is 0.213 e. The number of nitrogens with zero attached hydrogens (tertiary/aromatic N) is 3. The second-order valence-electron chi connectivity index (χ2n) is 6.98. The van der Waals surface area contributed by atoms with E-state index in [0.717, 1.165) is 34.9 Å². The molecule has 150 valence electrons. The highest BCUT2D eigenvalue weighted by atomic mass is 32.2. The number of hydrogen-bond donors (Lipinski definition) is 2. The van der Waals surface area contributed by atoms with Gasteiger partial charge in [-0.2, -0.15) is 0 Å². The Kier molecular flexibility index (Phi) is 6.41. The molecule has 1 fully saturated rings. The molecular weight excluding hydrogens is 374 g/mol. The van der Waals surface area contributed by atoms with Crippen molar-refractivity contribution in [2.24, 2.45) is 4.99 Å². The quantitative estimate of drug-likeness (QED) is 0.697. The molecule has 0 amide bonds. The summed E-state index contributed by atoms with van der Waals surface area (Å²) in [6.45, 7) is 2.76. The topological polar surface area (TPSA) is 98.5 Å². The molecule has 28 heavy (non-hydrogen) atoms. The van der Waals surface area contributed by atoms with Crippen LogP contribution in [0.5, 0.6) is 0 Å². The molecule has 1 atom stereocenters. The molecule has 2 aromatic rings. The van der Waals surface area contributed by atoms with Crippen LogP contribution in [0.1, 0.15) is 31.2 Å². The summed E-state index contributed by atoms with van der Waals surface area (Å²) in [7, 11) is -1.42. The summed E-state index contributed by atoms with van der Waals surface area (Å²) in [5, 5.41) is 13.4. The summed E-state index contributed by atoms with van der Waals surface area (Å²) in [4.78, 5) is 8.33. The van der Waals surface area contributed by atoms with E-state index in [1.165, 1.54) is 6.21 Å². The largest absolute Gasteiger partial charge is 0.382 e. The van der Waals surface area contributed by atoms with Gasteiger partial charge in [-0.3, -0.25) is 9.98 Å². The highest BCUT2D eigenvalue weighted by Gasteiger charge is 2.27. The van der Waals surface area contributed by atoms with Gasteiger partial charge in [0.05, 0.1) is 11.7 Å². The number of rotatable bonds is 7. The monoisotopic (exact) mass is 401 g/mol. The standard InChI is InChI=1S/C20H27N5O2S/c1-3-28(26,27)25-8-5-18(6-9-25)24-20-11-16(17(12-21)13-22-2)10-15-4-7-23-14-19(15)20/h4,7,10-14,17-18,21,24H,3,5-6,8-9H2,1-2H3. The van der Waals surface area contributed by atoms with Crippen LogP contribution in [0.4, 0.5) is 5.69 Å². The SMILES string of the molecule is CCS(=O)(=O)N1CCC(Nc2cc(C(C=N)C=NC)cc3ccncc23)CC1. The van der Waals surface area contributed by atoms with Crippen molar-refractivity contribution in [2.75, 3.05) is 31.2 Å². The van der Waals surface area contributed by atoms with Crippen molar-refractivity contribution < 1.29 is 8.42 Å². The fourth-order valence-electron chi connectivity index (χ4n) is 3.60. The molecule has 7 nitrogen and oxygen atoms in total. The van der Waals surface area contributed by atoms with Crippen LogP contribution in [-0.2, 0) is 10.0 Å². The Hall–Kier alpha value is -2.32. The minimum Gasteiger partial charge on any atom is -0.382 e. The predicted octanol–water partition coefficient (Wildman–Crippen LogP) is 2.89. The van der Waals surface area contributed by atoms with Crippen LogP contribution in [0.15, 0.2) is 35.6 Å². The molecule has 1 aromatic heterocycles. The lowest BCUT2D eigenvalue weighted by atomic mass is 9.96. The first-order valence-electron chi connectivity index (χ1n) is 9.53. The van der Waals surface area contributed by atoms with E-state index in [0.29, 0.717) is 13.1 Å². The normalized spacial score (nSPS) is 17.8. The van der Waals surface area contributed by atoms with Crippen molar-refractivity contribution in [3.8, 4) is 0 Å². The van der Waals surface area contributed by atoms with Gasteiger partial charge in [0.2, 0.25) is 10.0 Å². The second-order valence-corrected chi connectivity index (χ2v) is 9.24. The molecule has 0 radical (unpaired) electrons. The average molecular weight is 402 g/mol. The summed E-state index contributed by atoms with van der Waals surface area (Å²) < 4.78 is 25.7. The van der Waals surface area contributed by atoms with Gasteiger partial charge in [0.25, 0.3) is 0 Å². The molecule has 0 saturated carbocycles. The first-order chi connectivity index (χ1) is 13.5. The van der Waals surface area contributed by atoms with Crippen molar-refractivity contribution >= 4 is 38.9 Å². The lowest BCUT2D eigenvalue weighted by molar-refractivity contribution is 0.330. The predicted molar refractivity (Wildman–Crippen MR) is 115 cm³/mol. The van der Waals surface area contributed by atoms with E-state index in [9.17, 15) is 8.42 Å². The average Bonchev–Trinajstić information content (AvgIpc) is 2.72. The summed E-state index contributed by atoms with van der Waals surface area (Å²) in [6, 6.07) is 6.28. The van der Waals surface area contributed by atoms with E-state index < -0.39 is 10.0 Å². The summed E-state index contributed by atoms with van der Waals surface area (Å²) in [6.07, 6.45) is 8.26. The fourth-order valence-corrected chi connectivity index (χ4v) is 4.73. The molecule has 1 aliphatic heterocycles. The maximum Gasteiger partial charge on any atom is 0.213 e. The van der Waals surface area contributed by atoms with Crippen LogP contribution < -0.4 is 5.32 Å². The third-order valence-corrected chi connectivity index (χ3v) is 7.11. The Labute approximate surface area is 166 Å². The van der Waals surface area contributed by atoms with E-state index in [2.05, 4.69) is 27.4 Å². The van der Waals surface area contributed by atoms with Crippen LogP contribution >= 0.6 is 0 Å². The summed E-state index contributed by atoms with van der Waals surface area (Å²) >= 11 is 0. The first-order valence-corrected chi connectivity index (χ1v) is 11.1. The molecule has 0 aliphatic carbocycles. The number of benzene rings is 1. The third-order valence-electron chi connectivity index (χ3n) is 5.22. The van der Waals surface area contributed by atoms with Gasteiger partial charge >= 0.3 is 0 Å². The number of hydrogen-bond acceptors (Lipinski definition) is 6. The fraction of sp³-hybridized carbons (Fsp3) is 0.450. The molecule has 0 spiro atoms. The van der Waals surface area contributed by atoms with Gasteiger partial charge in [-0.15, -0.1) is 0 Å². The molecule has 1 aromatic carbocycles. The highest BCUT2D eigenvalue weighted by molar-refractivity contribution is 7.89. The third kappa shape index (κ3) is 4.39. The maximum atomic E-state index is 12.1. The van der Waals surface area contributed by atoms with Crippen molar-refractivity contribution in [1.82, 2.24) is 9.29 Å². The molecule has 0 bridgehead atoms. The highest BCUT2D eigenvalue weighted by Crippen LogP contribution is 2.30. The summed E-state index contributed by atoms with van der Waals surface area (Å²) in [5.74, 6) is -0.0346. The number of aliphatic imine (C=N–C) groups is 1. The number of anilines is 1. The van der Waals surface area contributed by atoms with Crippen LogP contribution in [0.3, 0.4) is 0 Å². The van der Waals surface area contributed by atoms with Crippen LogP contribution in [0, 0.1) is 5.41 Å². The van der Waals surface area contributed by atoms with Crippen LogP contribution in [-0.4, -0.2) is 62.1 Å². The van der Waals surface area contributed by atoms with Gasteiger partial charge in [-0.25, -0.2) is 12.7 Å². The number of aromatic nitrogens is 1. The summed E-state index contributed by atoms with van der Waals surface area (Å²) in [5.41, 5.74) is 1.96. The number of piperidine rings is 1. The Morgan fingerprint density at radius 3 is 2.79 bits per heavy atom. The van der Waals surface area contributed by atoms with Crippen molar-refractivity contribution in [1.29, 1.82) is 5.41 Å². The van der Waals surface area contributed by atoms with Gasteiger partial charge in [0, 0.05) is 62.1 Å². The zero-order chi connectivity index (χ0) is 20.1. The molecule has 2 heterocycles. The molecule has 1 aliphatic rings. The van der Waals surface area contributed by atoms with Crippen molar-refractivity contribution in [2.45, 2.75) is 31.7 Å². The zero-order valence-corrected chi connectivity index (χ0v) is 17.1. The van der Waals surface area contributed by atoms with E-state index >= 15 is 0 Å². The maximum absolute atomic E-state index is 12.1.